The molecule has 2 aromatic rings. The number of aromatic nitrogens is 2. The van der Waals surface area contributed by atoms with E-state index in [0.29, 0.717) is 6.54 Å². The second-order valence-corrected chi connectivity index (χ2v) is 4.87. The van der Waals surface area contributed by atoms with Crippen LogP contribution in [0.1, 0.15) is 6.42 Å². The Morgan fingerprint density at radius 2 is 2.21 bits per heavy atom. The van der Waals surface area contributed by atoms with Gasteiger partial charge in [0.1, 0.15) is 5.82 Å². The Morgan fingerprint density at radius 3 is 2.95 bits per heavy atom. The van der Waals surface area contributed by atoms with Gasteiger partial charge in [0.15, 0.2) is 0 Å². The van der Waals surface area contributed by atoms with Crippen LogP contribution >= 0.6 is 0 Å². The summed E-state index contributed by atoms with van der Waals surface area (Å²) in [4.78, 5) is 26.6. The SMILES string of the molecule is O=c1[nH]c2c(F)cccc2c(=O)n1CC1CCNC1. The number of fused-ring (bicyclic) bond motifs is 1. The van der Waals surface area contributed by atoms with Gasteiger partial charge in [-0.1, -0.05) is 6.07 Å². The highest BCUT2D eigenvalue weighted by Crippen LogP contribution is 2.11. The third-order valence-electron chi connectivity index (χ3n) is 3.57. The number of para-hydroxylation sites is 1. The highest BCUT2D eigenvalue weighted by Gasteiger charge is 2.18. The molecule has 1 fully saturated rings. The van der Waals surface area contributed by atoms with Crippen LogP contribution in [0.3, 0.4) is 0 Å². The van der Waals surface area contributed by atoms with Crippen LogP contribution in [0.4, 0.5) is 4.39 Å². The van der Waals surface area contributed by atoms with Crippen molar-refractivity contribution < 1.29 is 4.39 Å². The molecule has 1 aromatic carbocycles. The van der Waals surface area contributed by atoms with E-state index in [4.69, 9.17) is 0 Å². The molecule has 100 valence electrons. The molecule has 1 atom stereocenters. The van der Waals surface area contributed by atoms with Gasteiger partial charge >= 0.3 is 5.69 Å². The van der Waals surface area contributed by atoms with Crippen molar-refractivity contribution in [3.05, 3.63) is 44.9 Å². The maximum absolute atomic E-state index is 13.6. The summed E-state index contributed by atoms with van der Waals surface area (Å²) in [7, 11) is 0. The number of aromatic amines is 1. The minimum Gasteiger partial charge on any atom is -0.316 e. The predicted molar refractivity (Wildman–Crippen MR) is 69.8 cm³/mol. The summed E-state index contributed by atoms with van der Waals surface area (Å²) < 4.78 is 14.7. The lowest BCUT2D eigenvalue weighted by molar-refractivity contribution is 0.460. The van der Waals surface area contributed by atoms with Crippen LogP contribution in [0.5, 0.6) is 0 Å². The molecule has 6 heteroatoms. The van der Waals surface area contributed by atoms with Crippen LogP contribution in [0.15, 0.2) is 27.8 Å². The zero-order valence-electron chi connectivity index (χ0n) is 10.3. The molecule has 1 saturated heterocycles. The number of hydrogen-bond donors (Lipinski definition) is 2. The summed E-state index contributed by atoms with van der Waals surface area (Å²) >= 11 is 0. The van der Waals surface area contributed by atoms with Crippen LogP contribution in [-0.2, 0) is 6.54 Å². The monoisotopic (exact) mass is 263 g/mol. The Bertz CT molecular complexity index is 729. The third kappa shape index (κ3) is 2.08. The van der Waals surface area contributed by atoms with Crippen molar-refractivity contribution in [3.8, 4) is 0 Å². The van der Waals surface area contributed by atoms with E-state index >= 15 is 0 Å². The van der Waals surface area contributed by atoms with Crippen molar-refractivity contribution >= 4 is 10.9 Å². The average Bonchev–Trinajstić information content (AvgIpc) is 2.89. The Hall–Kier alpha value is -1.95. The molecule has 2 N–H and O–H groups in total. The van der Waals surface area contributed by atoms with Gasteiger partial charge in [0, 0.05) is 6.54 Å². The van der Waals surface area contributed by atoms with Crippen molar-refractivity contribution in [1.29, 1.82) is 0 Å². The lowest BCUT2D eigenvalue weighted by Crippen LogP contribution is -2.37. The molecule has 1 unspecified atom stereocenters. The van der Waals surface area contributed by atoms with E-state index in [0.717, 1.165) is 19.5 Å². The van der Waals surface area contributed by atoms with Crippen LogP contribution in [-0.4, -0.2) is 22.6 Å². The van der Waals surface area contributed by atoms with Crippen molar-refractivity contribution in [1.82, 2.24) is 14.9 Å². The van der Waals surface area contributed by atoms with Crippen LogP contribution in [0.25, 0.3) is 10.9 Å². The minimum atomic E-state index is -0.582. The van der Waals surface area contributed by atoms with Crippen molar-refractivity contribution in [2.75, 3.05) is 13.1 Å². The van der Waals surface area contributed by atoms with E-state index in [9.17, 15) is 14.0 Å². The van der Waals surface area contributed by atoms with E-state index in [2.05, 4.69) is 10.3 Å². The molecule has 5 nitrogen and oxygen atoms in total. The normalized spacial score (nSPS) is 19.1. The number of benzene rings is 1. The molecule has 1 aromatic heterocycles. The van der Waals surface area contributed by atoms with Gasteiger partial charge in [-0.3, -0.25) is 9.36 Å². The van der Waals surface area contributed by atoms with Crippen molar-refractivity contribution in [3.63, 3.8) is 0 Å². The molecule has 0 aliphatic carbocycles. The van der Waals surface area contributed by atoms with Gasteiger partial charge in [-0.25, -0.2) is 9.18 Å². The Kier molecular flexibility index (Phi) is 2.94. The minimum absolute atomic E-state index is 0.0155. The van der Waals surface area contributed by atoms with E-state index in [-0.39, 0.29) is 16.8 Å². The average molecular weight is 263 g/mol. The molecule has 3 rings (SSSR count). The molecule has 2 heterocycles. The molecule has 0 bridgehead atoms. The molecular weight excluding hydrogens is 249 g/mol. The van der Waals surface area contributed by atoms with Gasteiger partial charge in [0.05, 0.1) is 10.9 Å². The van der Waals surface area contributed by atoms with Crippen molar-refractivity contribution in [2.45, 2.75) is 13.0 Å². The fourth-order valence-electron chi connectivity index (χ4n) is 2.54. The number of H-pyrrole nitrogens is 1. The fourth-order valence-corrected chi connectivity index (χ4v) is 2.54. The topological polar surface area (TPSA) is 66.9 Å². The number of nitrogens with one attached hydrogen (secondary N) is 2. The number of rotatable bonds is 2. The highest BCUT2D eigenvalue weighted by molar-refractivity contribution is 5.77. The first-order valence-electron chi connectivity index (χ1n) is 6.29. The van der Waals surface area contributed by atoms with Gasteiger partial charge in [-0.05, 0) is 37.6 Å². The predicted octanol–water partition coefficient (Wildman–Crippen LogP) is 0.438. The van der Waals surface area contributed by atoms with Gasteiger partial charge in [0.2, 0.25) is 0 Å². The van der Waals surface area contributed by atoms with E-state index in [1.807, 2.05) is 0 Å². The molecule has 19 heavy (non-hydrogen) atoms. The Balaban J connectivity index is 2.15. The third-order valence-corrected chi connectivity index (χ3v) is 3.57. The summed E-state index contributed by atoms with van der Waals surface area (Å²) in [6.45, 7) is 2.07. The lowest BCUT2D eigenvalue weighted by atomic mass is 10.1. The number of hydrogen-bond acceptors (Lipinski definition) is 3. The molecule has 0 spiro atoms. The van der Waals surface area contributed by atoms with Gasteiger partial charge in [-0.2, -0.15) is 0 Å². The Morgan fingerprint density at radius 1 is 1.37 bits per heavy atom. The first kappa shape index (κ1) is 12.1. The molecule has 0 radical (unpaired) electrons. The largest absolute Gasteiger partial charge is 0.328 e. The summed E-state index contributed by atoms with van der Waals surface area (Å²) in [5.41, 5.74) is -0.988. The lowest BCUT2D eigenvalue weighted by Gasteiger charge is -2.11. The fraction of sp³-hybridized carbons (Fsp3) is 0.385. The summed E-state index contributed by atoms with van der Waals surface area (Å²) in [6.07, 6.45) is 0.938. The second-order valence-electron chi connectivity index (χ2n) is 4.87. The van der Waals surface area contributed by atoms with E-state index in [1.54, 1.807) is 0 Å². The van der Waals surface area contributed by atoms with Gasteiger partial charge in [0.25, 0.3) is 5.56 Å². The summed E-state index contributed by atoms with van der Waals surface area (Å²) in [5.74, 6) is -0.314. The smallest absolute Gasteiger partial charge is 0.316 e. The van der Waals surface area contributed by atoms with E-state index in [1.165, 1.54) is 22.8 Å². The molecule has 1 aliphatic rings. The molecular formula is C13H14FN3O2. The van der Waals surface area contributed by atoms with Crippen LogP contribution in [0, 0.1) is 11.7 Å². The molecule has 1 aliphatic heterocycles. The molecule has 0 saturated carbocycles. The Labute approximate surface area is 108 Å². The van der Waals surface area contributed by atoms with E-state index < -0.39 is 17.1 Å². The second kappa shape index (κ2) is 4.62. The first-order chi connectivity index (χ1) is 9.16. The van der Waals surface area contributed by atoms with Gasteiger partial charge < -0.3 is 10.3 Å². The maximum atomic E-state index is 13.6. The number of halogens is 1. The zero-order valence-corrected chi connectivity index (χ0v) is 10.3. The first-order valence-corrected chi connectivity index (χ1v) is 6.29. The zero-order chi connectivity index (χ0) is 13.4. The standard InChI is InChI=1S/C13H14FN3O2/c14-10-3-1-2-9-11(10)16-13(19)17(12(9)18)7-8-4-5-15-6-8/h1-3,8,15H,4-7H2,(H,16,19). The van der Waals surface area contributed by atoms with Crippen molar-refractivity contribution in [2.24, 2.45) is 5.92 Å². The van der Waals surface area contributed by atoms with Crippen LogP contribution < -0.4 is 16.6 Å². The molecule has 0 amide bonds. The highest BCUT2D eigenvalue weighted by atomic mass is 19.1. The van der Waals surface area contributed by atoms with Crippen LogP contribution in [0.2, 0.25) is 0 Å². The summed E-state index contributed by atoms with van der Waals surface area (Å²) in [6, 6.07) is 4.22. The van der Waals surface area contributed by atoms with Gasteiger partial charge in [-0.15, -0.1) is 0 Å². The quantitative estimate of drug-likeness (QED) is 0.826. The summed E-state index contributed by atoms with van der Waals surface area (Å²) in [5, 5.41) is 3.40. The maximum Gasteiger partial charge on any atom is 0.328 e. The number of nitrogens with zero attached hydrogens (tertiary/aromatic N) is 1.